The van der Waals surface area contributed by atoms with Gasteiger partial charge in [-0.15, -0.1) is 0 Å². The molecule has 1 aromatic carbocycles. The summed E-state index contributed by atoms with van der Waals surface area (Å²) in [5.41, 5.74) is 0.0483. The van der Waals surface area contributed by atoms with E-state index in [2.05, 4.69) is 21.2 Å². The SMILES string of the molecule is O=C(NC1CCOC1)c1cc(Br)cc(S(=O)(=O)Cl)c1Cl. The maximum Gasteiger partial charge on any atom is 0.262 e. The quantitative estimate of drug-likeness (QED) is 0.788. The first kappa shape index (κ1) is 16.0. The third kappa shape index (κ3) is 3.65. The lowest BCUT2D eigenvalue weighted by atomic mass is 10.2. The van der Waals surface area contributed by atoms with Gasteiger partial charge in [0.2, 0.25) is 0 Å². The van der Waals surface area contributed by atoms with Gasteiger partial charge in [0.05, 0.1) is 23.2 Å². The van der Waals surface area contributed by atoms with Crippen LogP contribution in [0, 0.1) is 0 Å². The summed E-state index contributed by atoms with van der Waals surface area (Å²) in [7, 11) is 1.26. The molecule has 2 rings (SSSR count). The number of hydrogen-bond acceptors (Lipinski definition) is 4. The van der Waals surface area contributed by atoms with Crippen LogP contribution < -0.4 is 5.32 Å². The van der Waals surface area contributed by atoms with Crippen LogP contribution in [-0.4, -0.2) is 33.6 Å². The molecule has 5 nitrogen and oxygen atoms in total. The Morgan fingerprint density at radius 2 is 2.15 bits per heavy atom. The monoisotopic (exact) mass is 401 g/mol. The largest absolute Gasteiger partial charge is 0.379 e. The smallest absolute Gasteiger partial charge is 0.262 e. The van der Waals surface area contributed by atoms with Gasteiger partial charge in [0.25, 0.3) is 15.0 Å². The Hall–Kier alpha value is -0.340. The van der Waals surface area contributed by atoms with Crippen molar-refractivity contribution in [3.63, 3.8) is 0 Å². The number of ether oxygens (including phenoxy) is 1. The summed E-state index contributed by atoms with van der Waals surface area (Å²) in [5.74, 6) is -0.464. The maximum absolute atomic E-state index is 12.1. The number of hydrogen-bond donors (Lipinski definition) is 1. The Kier molecular flexibility index (Phi) is 4.96. The number of halogens is 3. The summed E-state index contributed by atoms with van der Waals surface area (Å²) in [6.45, 7) is 1.01. The van der Waals surface area contributed by atoms with E-state index in [1.807, 2.05) is 0 Å². The molecular weight excluding hydrogens is 393 g/mol. The van der Waals surface area contributed by atoms with Crippen molar-refractivity contribution in [2.75, 3.05) is 13.2 Å². The second-order valence-corrected chi connectivity index (χ2v) is 8.07. The molecule has 0 saturated carbocycles. The van der Waals surface area contributed by atoms with Crippen molar-refractivity contribution in [3.8, 4) is 0 Å². The summed E-state index contributed by atoms with van der Waals surface area (Å²) in [6, 6.07) is 2.59. The number of nitrogens with one attached hydrogen (secondary N) is 1. The molecular formula is C11H10BrCl2NO4S. The zero-order chi connectivity index (χ0) is 14.9. The summed E-state index contributed by atoms with van der Waals surface area (Å²) < 4.78 is 28.4. The maximum atomic E-state index is 12.1. The molecule has 110 valence electrons. The minimum Gasteiger partial charge on any atom is -0.379 e. The molecule has 1 heterocycles. The summed E-state index contributed by atoms with van der Waals surface area (Å²) in [6.07, 6.45) is 0.706. The van der Waals surface area contributed by atoms with Gasteiger partial charge < -0.3 is 10.1 Å². The number of amides is 1. The van der Waals surface area contributed by atoms with E-state index in [-0.39, 0.29) is 21.5 Å². The standard InChI is InChI=1S/C11H10BrCl2NO4S/c12-6-3-8(10(13)9(4-6)20(14,17)18)11(16)15-7-1-2-19-5-7/h3-4,7H,1-2,5H2,(H,15,16). The molecule has 1 N–H and O–H groups in total. The lowest BCUT2D eigenvalue weighted by Crippen LogP contribution is -2.35. The first-order chi connectivity index (χ1) is 9.29. The number of rotatable bonds is 3. The Bertz CT molecular complexity index is 644. The molecule has 0 aliphatic carbocycles. The van der Waals surface area contributed by atoms with Gasteiger partial charge in [-0.1, -0.05) is 27.5 Å². The van der Waals surface area contributed by atoms with Gasteiger partial charge in [-0.3, -0.25) is 4.79 Å². The molecule has 20 heavy (non-hydrogen) atoms. The Morgan fingerprint density at radius 3 is 2.70 bits per heavy atom. The van der Waals surface area contributed by atoms with Crippen molar-refractivity contribution in [1.82, 2.24) is 5.32 Å². The normalized spacial score (nSPS) is 19.1. The van der Waals surface area contributed by atoms with E-state index < -0.39 is 15.0 Å². The molecule has 1 aromatic rings. The predicted octanol–water partition coefficient (Wildman–Crippen LogP) is 2.55. The highest BCUT2D eigenvalue weighted by Gasteiger charge is 2.24. The van der Waals surface area contributed by atoms with Crippen molar-refractivity contribution < 1.29 is 17.9 Å². The molecule has 1 aliphatic rings. The Balaban J connectivity index is 2.36. The third-order valence-electron chi connectivity index (χ3n) is 2.78. The first-order valence-corrected chi connectivity index (χ1v) is 9.09. The van der Waals surface area contributed by atoms with Gasteiger partial charge in [-0.05, 0) is 18.6 Å². The van der Waals surface area contributed by atoms with Crippen LogP contribution in [0.2, 0.25) is 5.02 Å². The van der Waals surface area contributed by atoms with Gasteiger partial charge in [0, 0.05) is 21.8 Å². The van der Waals surface area contributed by atoms with Crippen LogP contribution >= 0.6 is 38.2 Å². The van der Waals surface area contributed by atoms with Crippen molar-refractivity contribution in [1.29, 1.82) is 0 Å². The fourth-order valence-electron chi connectivity index (χ4n) is 1.82. The highest BCUT2D eigenvalue weighted by molar-refractivity contribution is 9.10. The molecule has 1 atom stereocenters. The molecule has 0 radical (unpaired) electrons. The zero-order valence-corrected chi connectivity index (χ0v) is 13.9. The van der Waals surface area contributed by atoms with Crippen LogP contribution in [0.4, 0.5) is 0 Å². The molecule has 1 unspecified atom stereocenters. The molecule has 0 bridgehead atoms. The van der Waals surface area contributed by atoms with Gasteiger partial charge in [-0.25, -0.2) is 8.42 Å². The fraction of sp³-hybridized carbons (Fsp3) is 0.364. The van der Waals surface area contributed by atoms with Crippen molar-refractivity contribution in [2.24, 2.45) is 0 Å². The number of carbonyl (C=O) groups is 1. The van der Waals surface area contributed by atoms with Crippen LogP contribution in [0.25, 0.3) is 0 Å². The van der Waals surface area contributed by atoms with Gasteiger partial charge in [-0.2, -0.15) is 0 Å². The van der Waals surface area contributed by atoms with Crippen LogP contribution in [0.1, 0.15) is 16.8 Å². The summed E-state index contributed by atoms with van der Waals surface area (Å²) in [4.78, 5) is 11.8. The van der Waals surface area contributed by atoms with E-state index in [1.165, 1.54) is 12.1 Å². The lowest BCUT2D eigenvalue weighted by Gasteiger charge is -2.13. The molecule has 9 heteroatoms. The highest BCUT2D eigenvalue weighted by atomic mass is 79.9. The van der Waals surface area contributed by atoms with E-state index >= 15 is 0 Å². The predicted molar refractivity (Wildman–Crippen MR) is 78.9 cm³/mol. The van der Waals surface area contributed by atoms with Crippen LogP contribution in [-0.2, 0) is 13.8 Å². The van der Waals surface area contributed by atoms with Crippen LogP contribution in [0.15, 0.2) is 21.5 Å². The van der Waals surface area contributed by atoms with E-state index in [1.54, 1.807) is 0 Å². The van der Waals surface area contributed by atoms with Crippen LogP contribution in [0.5, 0.6) is 0 Å². The van der Waals surface area contributed by atoms with E-state index in [4.69, 9.17) is 27.0 Å². The second-order valence-electron chi connectivity index (χ2n) is 4.24. The average molecular weight is 403 g/mol. The van der Waals surface area contributed by atoms with E-state index in [0.29, 0.717) is 24.1 Å². The van der Waals surface area contributed by atoms with Crippen molar-refractivity contribution >= 4 is 53.2 Å². The van der Waals surface area contributed by atoms with Gasteiger partial charge in [0.1, 0.15) is 4.90 Å². The van der Waals surface area contributed by atoms with E-state index in [0.717, 1.165) is 0 Å². The molecule has 1 saturated heterocycles. The Labute approximate surface area is 134 Å². The molecule has 1 fully saturated rings. The third-order valence-corrected chi connectivity index (χ3v) is 5.10. The lowest BCUT2D eigenvalue weighted by molar-refractivity contribution is 0.0930. The minimum atomic E-state index is -4.03. The molecule has 1 aliphatic heterocycles. The molecule has 0 spiro atoms. The average Bonchev–Trinajstić information content (AvgIpc) is 2.83. The topological polar surface area (TPSA) is 72.5 Å². The summed E-state index contributed by atoms with van der Waals surface area (Å²) >= 11 is 9.10. The van der Waals surface area contributed by atoms with Gasteiger partial charge >= 0.3 is 0 Å². The van der Waals surface area contributed by atoms with Crippen molar-refractivity contribution in [2.45, 2.75) is 17.4 Å². The van der Waals surface area contributed by atoms with E-state index in [9.17, 15) is 13.2 Å². The first-order valence-electron chi connectivity index (χ1n) is 5.61. The number of carbonyl (C=O) groups excluding carboxylic acids is 1. The summed E-state index contributed by atoms with van der Waals surface area (Å²) in [5, 5.41) is 2.54. The fourth-order valence-corrected chi connectivity index (χ4v) is 4.00. The molecule has 1 amide bonds. The minimum absolute atomic E-state index is 0.0483. The molecule has 0 aromatic heterocycles. The van der Waals surface area contributed by atoms with Crippen LogP contribution in [0.3, 0.4) is 0 Å². The Morgan fingerprint density at radius 1 is 1.45 bits per heavy atom. The second kappa shape index (κ2) is 6.19. The van der Waals surface area contributed by atoms with Gasteiger partial charge in [0.15, 0.2) is 0 Å². The highest BCUT2D eigenvalue weighted by Crippen LogP contribution is 2.31. The zero-order valence-electron chi connectivity index (χ0n) is 10.0. The van der Waals surface area contributed by atoms with Crippen molar-refractivity contribution in [3.05, 3.63) is 27.2 Å². The number of benzene rings is 1.